The van der Waals surface area contributed by atoms with Gasteiger partial charge >= 0.3 is 12.1 Å². The van der Waals surface area contributed by atoms with Gasteiger partial charge in [-0.1, -0.05) is 0 Å². The topological polar surface area (TPSA) is 59.3 Å². The summed E-state index contributed by atoms with van der Waals surface area (Å²) in [4.78, 5) is 23.0. The highest BCUT2D eigenvalue weighted by Gasteiger charge is 2.30. The number of nitrogens with zero attached hydrogens (tertiary/aromatic N) is 1. The van der Waals surface area contributed by atoms with Gasteiger partial charge in [-0.25, -0.2) is 4.79 Å². The lowest BCUT2D eigenvalue weighted by atomic mass is 10.1. The highest BCUT2D eigenvalue weighted by Crippen LogP contribution is 2.32. The van der Waals surface area contributed by atoms with Gasteiger partial charge in [0.25, 0.3) is 0 Å². The molecule has 0 radical (unpaired) electrons. The number of hydrogen-bond donors (Lipinski definition) is 1. The van der Waals surface area contributed by atoms with E-state index in [9.17, 15) is 22.8 Å². The van der Waals surface area contributed by atoms with E-state index in [0.717, 1.165) is 21.9 Å². The number of fused-ring (bicyclic) bond motifs is 2. The van der Waals surface area contributed by atoms with Crippen molar-refractivity contribution in [1.29, 1.82) is 0 Å². The van der Waals surface area contributed by atoms with Crippen molar-refractivity contribution in [3.05, 3.63) is 45.2 Å². The second kappa shape index (κ2) is 3.84. The van der Waals surface area contributed by atoms with Gasteiger partial charge in [-0.15, -0.1) is 0 Å². The van der Waals surface area contributed by atoms with Crippen LogP contribution in [0.1, 0.15) is 21.5 Å². The standard InChI is InChI=1S/C13H8F3NO3/c14-13(15,16)5-17-4-9(12(19)20)11(18)8-2-6-1-7(6)3-10(8)17/h2-4H,1,5H2,(H,19,20). The number of carboxylic acids is 1. The number of pyridine rings is 1. The maximum Gasteiger partial charge on any atom is 0.406 e. The van der Waals surface area contributed by atoms with Crippen LogP contribution in [0.5, 0.6) is 0 Å². The number of carboxylic acid groups (broad SMARTS) is 1. The molecule has 2 aromatic rings. The minimum absolute atomic E-state index is 0.0189. The van der Waals surface area contributed by atoms with E-state index in [4.69, 9.17) is 5.11 Å². The average Bonchev–Trinajstić information content (AvgIpc) is 3.07. The maximum absolute atomic E-state index is 12.6. The van der Waals surface area contributed by atoms with Gasteiger partial charge in [-0.2, -0.15) is 13.2 Å². The number of halogens is 3. The molecule has 0 fully saturated rings. The fourth-order valence-electron chi connectivity index (χ4n) is 2.26. The molecule has 0 spiro atoms. The molecule has 3 rings (SSSR count). The van der Waals surface area contributed by atoms with Crippen LogP contribution >= 0.6 is 0 Å². The van der Waals surface area contributed by atoms with Crippen LogP contribution in [0.2, 0.25) is 0 Å². The summed E-state index contributed by atoms with van der Waals surface area (Å²) < 4.78 is 38.5. The van der Waals surface area contributed by atoms with Crippen molar-refractivity contribution in [2.24, 2.45) is 0 Å². The van der Waals surface area contributed by atoms with Crippen molar-refractivity contribution < 1.29 is 23.1 Å². The van der Waals surface area contributed by atoms with Crippen LogP contribution in [0.25, 0.3) is 10.9 Å². The number of carbonyl (C=O) groups is 1. The minimum Gasteiger partial charge on any atom is -0.477 e. The first-order valence-electron chi connectivity index (χ1n) is 5.75. The molecule has 1 aliphatic carbocycles. The third-order valence-electron chi connectivity index (χ3n) is 3.24. The molecule has 1 aliphatic rings. The molecule has 7 heteroatoms. The Hall–Kier alpha value is -2.31. The van der Waals surface area contributed by atoms with E-state index >= 15 is 0 Å². The zero-order chi connectivity index (χ0) is 14.7. The molecular weight excluding hydrogens is 275 g/mol. The lowest BCUT2D eigenvalue weighted by Gasteiger charge is -2.14. The van der Waals surface area contributed by atoms with Crippen molar-refractivity contribution in [3.63, 3.8) is 0 Å². The maximum atomic E-state index is 12.6. The normalized spacial score (nSPS) is 13.3. The van der Waals surface area contributed by atoms with Crippen molar-refractivity contribution >= 4 is 16.9 Å². The number of aromatic carboxylic acids is 1. The van der Waals surface area contributed by atoms with Gasteiger partial charge in [-0.3, -0.25) is 4.79 Å². The second-order valence-electron chi connectivity index (χ2n) is 4.73. The van der Waals surface area contributed by atoms with Crippen LogP contribution in [0.4, 0.5) is 13.2 Å². The predicted octanol–water partition coefficient (Wildman–Crippen LogP) is 2.17. The van der Waals surface area contributed by atoms with Gasteiger partial charge in [-0.05, 0) is 29.7 Å². The van der Waals surface area contributed by atoms with Crippen LogP contribution in [0.15, 0.2) is 23.1 Å². The Morgan fingerprint density at radius 1 is 1.30 bits per heavy atom. The summed E-state index contributed by atoms with van der Waals surface area (Å²) >= 11 is 0. The summed E-state index contributed by atoms with van der Waals surface area (Å²) in [7, 11) is 0. The lowest BCUT2D eigenvalue weighted by molar-refractivity contribution is -0.140. The summed E-state index contributed by atoms with van der Waals surface area (Å²) in [5.74, 6) is -1.53. The van der Waals surface area contributed by atoms with Gasteiger partial charge in [0.15, 0.2) is 0 Å². The van der Waals surface area contributed by atoms with Crippen LogP contribution in [0.3, 0.4) is 0 Å². The lowest BCUT2D eigenvalue weighted by Crippen LogP contribution is -2.23. The number of hydrogen-bond acceptors (Lipinski definition) is 2. The van der Waals surface area contributed by atoms with E-state index in [1.807, 2.05) is 0 Å². The molecule has 1 N–H and O–H groups in total. The quantitative estimate of drug-likeness (QED) is 0.784. The molecule has 0 bridgehead atoms. The van der Waals surface area contributed by atoms with E-state index < -0.39 is 29.7 Å². The van der Waals surface area contributed by atoms with Crippen LogP contribution in [0, 0.1) is 0 Å². The number of alkyl halides is 3. The van der Waals surface area contributed by atoms with E-state index in [-0.39, 0.29) is 10.9 Å². The Morgan fingerprint density at radius 3 is 2.55 bits per heavy atom. The average molecular weight is 283 g/mol. The zero-order valence-electron chi connectivity index (χ0n) is 9.99. The highest BCUT2D eigenvalue weighted by atomic mass is 19.4. The van der Waals surface area contributed by atoms with Crippen LogP contribution < -0.4 is 5.43 Å². The first kappa shape index (κ1) is 12.7. The van der Waals surface area contributed by atoms with Crippen molar-refractivity contribution in [2.75, 3.05) is 0 Å². The fraction of sp³-hybridized carbons (Fsp3) is 0.231. The molecule has 0 atom stereocenters. The molecule has 1 aromatic heterocycles. The molecule has 1 aromatic carbocycles. The Morgan fingerprint density at radius 2 is 1.95 bits per heavy atom. The van der Waals surface area contributed by atoms with E-state index in [2.05, 4.69) is 0 Å². The molecule has 104 valence electrons. The van der Waals surface area contributed by atoms with E-state index in [0.29, 0.717) is 6.42 Å². The highest BCUT2D eigenvalue weighted by molar-refractivity contribution is 5.93. The molecule has 4 nitrogen and oxygen atoms in total. The van der Waals surface area contributed by atoms with Gasteiger partial charge in [0.1, 0.15) is 12.1 Å². The first-order chi connectivity index (χ1) is 9.26. The Bertz CT molecular complexity index is 805. The largest absolute Gasteiger partial charge is 0.477 e. The van der Waals surface area contributed by atoms with Crippen molar-refractivity contribution in [3.8, 4) is 0 Å². The monoisotopic (exact) mass is 283 g/mol. The zero-order valence-corrected chi connectivity index (χ0v) is 9.99. The summed E-state index contributed by atoms with van der Waals surface area (Å²) in [6.07, 6.45) is -3.11. The number of rotatable bonds is 2. The second-order valence-corrected chi connectivity index (χ2v) is 4.73. The van der Waals surface area contributed by atoms with Crippen LogP contribution in [-0.2, 0) is 13.0 Å². The summed E-state index contributed by atoms with van der Waals surface area (Å²) in [5.41, 5.74) is 0.475. The van der Waals surface area contributed by atoms with E-state index in [1.165, 1.54) is 12.1 Å². The first-order valence-corrected chi connectivity index (χ1v) is 5.75. The summed E-state index contributed by atoms with van der Waals surface area (Å²) in [5, 5.41) is 8.95. The number of benzene rings is 1. The van der Waals surface area contributed by atoms with Crippen molar-refractivity contribution in [1.82, 2.24) is 4.57 Å². The smallest absolute Gasteiger partial charge is 0.406 e. The molecule has 1 heterocycles. The molecular formula is C13H8F3NO3. The third kappa shape index (κ3) is 2.04. The fourth-order valence-corrected chi connectivity index (χ4v) is 2.26. The SMILES string of the molecule is O=C(O)c1cn(CC(F)(F)F)c2cc3c(cc2c1=O)C3. The van der Waals surface area contributed by atoms with Gasteiger partial charge in [0.05, 0.1) is 5.52 Å². The molecule has 0 saturated heterocycles. The molecule has 0 aliphatic heterocycles. The Balaban J connectivity index is 2.33. The predicted molar refractivity (Wildman–Crippen MR) is 64.0 cm³/mol. The Kier molecular flexibility index (Phi) is 2.44. The third-order valence-corrected chi connectivity index (χ3v) is 3.24. The van der Waals surface area contributed by atoms with E-state index in [1.54, 1.807) is 0 Å². The minimum atomic E-state index is -4.50. The molecule has 0 amide bonds. The van der Waals surface area contributed by atoms with Gasteiger partial charge in [0.2, 0.25) is 5.43 Å². The van der Waals surface area contributed by atoms with Crippen LogP contribution in [-0.4, -0.2) is 21.8 Å². The van der Waals surface area contributed by atoms with Gasteiger partial charge < -0.3 is 9.67 Å². The molecule has 20 heavy (non-hydrogen) atoms. The molecule has 0 saturated carbocycles. The molecule has 0 unspecified atom stereocenters. The number of aromatic nitrogens is 1. The summed E-state index contributed by atoms with van der Waals surface area (Å²) in [6.45, 7) is -1.33. The van der Waals surface area contributed by atoms with Crippen molar-refractivity contribution in [2.45, 2.75) is 19.1 Å². The Labute approximate surface area is 110 Å². The summed E-state index contributed by atoms with van der Waals surface area (Å²) in [6, 6.07) is 3.00. The van der Waals surface area contributed by atoms with Gasteiger partial charge in [0, 0.05) is 11.6 Å².